The average molecular weight is 234 g/mol. The summed E-state index contributed by atoms with van der Waals surface area (Å²) in [6.45, 7) is 6.08. The van der Waals surface area contributed by atoms with E-state index in [1.165, 1.54) is 5.56 Å². The van der Waals surface area contributed by atoms with Crippen molar-refractivity contribution in [2.24, 2.45) is 0 Å². The standard InChI is InChI=1S/C14H22N2O/c1-2-17-13-7-9-16(10-8-13)11-12-5-3-4-6-14(12)15/h3-6,13H,2,7-11,15H2,1H3. The Morgan fingerprint density at radius 1 is 1.29 bits per heavy atom. The van der Waals surface area contributed by atoms with Crippen molar-refractivity contribution in [1.29, 1.82) is 0 Å². The molecule has 0 spiro atoms. The van der Waals surface area contributed by atoms with Gasteiger partial charge in [-0.3, -0.25) is 4.90 Å². The van der Waals surface area contributed by atoms with E-state index in [2.05, 4.69) is 24.0 Å². The molecule has 0 amide bonds. The van der Waals surface area contributed by atoms with Gasteiger partial charge in [-0.2, -0.15) is 0 Å². The number of rotatable bonds is 4. The number of hydrogen-bond donors (Lipinski definition) is 1. The molecule has 94 valence electrons. The topological polar surface area (TPSA) is 38.5 Å². The normalized spacial score (nSPS) is 18.4. The van der Waals surface area contributed by atoms with Gasteiger partial charge in [-0.15, -0.1) is 0 Å². The number of hydrogen-bond acceptors (Lipinski definition) is 3. The lowest BCUT2D eigenvalue weighted by Crippen LogP contribution is -2.36. The molecular formula is C14H22N2O. The third-order valence-corrected chi connectivity index (χ3v) is 3.39. The number of ether oxygens (including phenoxy) is 1. The molecule has 1 heterocycles. The van der Waals surface area contributed by atoms with E-state index in [1.807, 2.05) is 12.1 Å². The van der Waals surface area contributed by atoms with Crippen LogP contribution in [-0.4, -0.2) is 30.7 Å². The maximum absolute atomic E-state index is 5.96. The maximum atomic E-state index is 5.96. The van der Waals surface area contributed by atoms with Gasteiger partial charge in [0.1, 0.15) is 0 Å². The summed E-state index contributed by atoms with van der Waals surface area (Å²) in [6.07, 6.45) is 2.74. The smallest absolute Gasteiger partial charge is 0.0599 e. The minimum absolute atomic E-state index is 0.462. The van der Waals surface area contributed by atoms with Gasteiger partial charge in [0.15, 0.2) is 0 Å². The Hall–Kier alpha value is -1.06. The van der Waals surface area contributed by atoms with Crippen LogP contribution in [0.25, 0.3) is 0 Å². The van der Waals surface area contributed by atoms with E-state index in [9.17, 15) is 0 Å². The van der Waals surface area contributed by atoms with Crippen molar-refractivity contribution < 1.29 is 4.74 Å². The molecule has 0 aliphatic carbocycles. The molecule has 0 unspecified atom stereocenters. The monoisotopic (exact) mass is 234 g/mol. The number of piperidine rings is 1. The van der Waals surface area contributed by atoms with E-state index in [0.717, 1.165) is 44.8 Å². The van der Waals surface area contributed by atoms with Crippen LogP contribution in [0.2, 0.25) is 0 Å². The molecule has 2 rings (SSSR count). The van der Waals surface area contributed by atoms with E-state index in [-0.39, 0.29) is 0 Å². The second-order valence-corrected chi connectivity index (χ2v) is 4.63. The Kier molecular flexibility index (Phi) is 4.40. The van der Waals surface area contributed by atoms with Crippen molar-refractivity contribution in [3.8, 4) is 0 Å². The van der Waals surface area contributed by atoms with Gasteiger partial charge in [-0.05, 0) is 31.4 Å². The van der Waals surface area contributed by atoms with E-state index >= 15 is 0 Å². The van der Waals surface area contributed by atoms with Crippen LogP contribution in [0.15, 0.2) is 24.3 Å². The maximum Gasteiger partial charge on any atom is 0.0599 e. The second-order valence-electron chi connectivity index (χ2n) is 4.63. The minimum atomic E-state index is 0.462. The first-order chi connectivity index (χ1) is 8.29. The summed E-state index contributed by atoms with van der Waals surface area (Å²) in [6, 6.07) is 8.13. The minimum Gasteiger partial charge on any atom is -0.398 e. The molecular weight excluding hydrogens is 212 g/mol. The first-order valence-corrected chi connectivity index (χ1v) is 6.47. The molecule has 1 aliphatic heterocycles. The van der Waals surface area contributed by atoms with Gasteiger partial charge in [0.2, 0.25) is 0 Å². The number of nitrogens with two attached hydrogens (primary N) is 1. The molecule has 0 atom stereocenters. The van der Waals surface area contributed by atoms with Crippen molar-refractivity contribution in [2.75, 3.05) is 25.4 Å². The van der Waals surface area contributed by atoms with Gasteiger partial charge >= 0.3 is 0 Å². The van der Waals surface area contributed by atoms with Crippen LogP contribution in [0.4, 0.5) is 5.69 Å². The highest BCUT2D eigenvalue weighted by Crippen LogP contribution is 2.18. The van der Waals surface area contributed by atoms with Crippen LogP contribution in [0.5, 0.6) is 0 Å². The molecule has 0 radical (unpaired) electrons. The van der Waals surface area contributed by atoms with Gasteiger partial charge in [0.25, 0.3) is 0 Å². The number of nitrogens with zero attached hydrogens (tertiary/aromatic N) is 1. The largest absolute Gasteiger partial charge is 0.398 e. The third-order valence-electron chi connectivity index (χ3n) is 3.39. The van der Waals surface area contributed by atoms with Crippen molar-refractivity contribution in [2.45, 2.75) is 32.4 Å². The molecule has 17 heavy (non-hydrogen) atoms. The zero-order valence-electron chi connectivity index (χ0n) is 10.6. The summed E-state index contributed by atoms with van der Waals surface area (Å²) in [5.41, 5.74) is 8.10. The predicted octanol–water partition coefficient (Wildman–Crippen LogP) is 2.27. The van der Waals surface area contributed by atoms with Crippen LogP contribution in [-0.2, 0) is 11.3 Å². The second kappa shape index (κ2) is 6.03. The van der Waals surface area contributed by atoms with Gasteiger partial charge in [-0.1, -0.05) is 18.2 Å². The van der Waals surface area contributed by atoms with Crippen LogP contribution < -0.4 is 5.73 Å². The summed E-state index contributed by atoms with van der Waals surface area (Å²) in [4.78, 5) is 2.46. The van der Waals surface area contributed by atoms with Crippen molar-refractivity contribution >= 4 is 5.69 Å². The van der Waals surface area contributed by atoms with Crippen LogP contribution >= 0.6 is 0 Å². The van der Waals surface area contributed by atoms with Crippen LogP contribution in [0, 0.1) is 0 Å². The molecule has 1 aromatic carbocycles. The van der Waals surface area contributed by atoms with Crippen LogP contribution in [0.1, 0.15) is 25.3 Å². The molecule has 1 aliphatic rings. The number of likely N-dealkylation sites (tertiary alicyclic amines) is 1. The SMILES string of the molecule is CCOC1CCN(Cc2ccccc2N)CC1. The fourth-order valence-corrected chi connectivity index (χ4v) is 2.39. The van der Waals surface area contributed by atoms with E-state index in [4.69, 9.17) is 10.5 Å². The molecule has 1 saturated heterocycles. The third kappa shape index (κ3) is 3.45. The molecule has 2 N–H and O–H groups in total. The molecule has 3 nitrogen and oxygen atoms in total. The summed E-state index contributed by atoms with van der Waals surface area (Å²) in [5, 5.41) is 0. The Balaban J connectivity index is 1.84. The van der Waals surface area contributed by atoms with Gasteiger partial charge < -0.3 is 10.5 Å². The Bertz CT molecular complexity index is 346. The highest BCUT2D eigenvalue weighted by Gasteiger charge is 2.19. The quantitative estimate of drug-likeness (QED) is 0.812. The lowest BCUT2D eigenvalue weighted by atomic mass is 10.1. The number of anilines is 1. The number of nitrogen functional groups attached to an aromatic ring is 1. The predicted molar refractivity (Wildman–Crippen MR) is 70.8 cm³/mol. The Morgan fingerprint density at radius 3 is 2.65 bits per heavy atom. The average Bonchev–Trinajstić information content (AvgIpc) is 2.35. The lowest BCUT2D eigenvalue weighted by molar-refractivity contribution is 0.0125. The van der Waals surface area contributed by atoms with Crippen LogP contribution in [0.3, 0.4) is 0 Å². The zero-order valence-corrected chi connectivity index (χ0v) is 10.6. The highest BCUT2D eigenvalue weighted by molar-refractivity contribution is 5.46. The highest BCUT2D eigenvalue weighted by atomic mass is 16.5. The van der Waals surface area contributed by atoms with Gasteiger partial charge in [-0.25, -0.2) is 0 Å². The molecule has 0 saturated carbocycles. The molecule has 0 aromatic heterocycles. The van der Waals surface area contributed by atoms with Crippen molar-refractivity contribution in [1.82, 2.24) is 4.90 Å². The van der Waals surface area contributed by atoms with E-state index < -0.39 is 0 Å². The summed E-state index contributed by atoms with van der Waals surface area (Å²) < 4.78 is 5.65. The van der Waals surface area contributed by atoms with Crippen molar-refractivity contribution in [3.63, 3.8) is 0 Å². The molecule has 0 bridgehead atoms. The summed E-state index contributed by atoms with van der Waals surface area (Å²) >= 11 is 0. The van der Waals surface area contributed by atoms with E-state index in [0.29, 0.717) is 6.10 Å². The molecule has 1 fully saturated rings. The lowest BCUT2D eigenvalue weighted by Gasteiger charge is -2.31. The van der Waals surface area contributed by atoms with Gasteiger partial charge in [0, 0.05) is 31.9 Å². The number of benzene rings is 1. The van der Waals surface area contributed by atoms with Crippen molar-refractivity contribution in [3.05, 3.63) is 29.8 Å². The molecule has 1 aromatic rings. The summed E-state index contributed by atoms with van der Waals surface area (Å²) in [7, 11) is 0. The Morgan fingerprint density at radius 2 is 2.00 bits per heavy atom. The van der Waals surface area contributed by atoms with E-state index in [1.54, 1.807) is 0 Å². The first kappa shape index (κ1) is 12.4. The Labute approximate surface area is 104 Å². The number of para-hydroxylation sites is 1. The molecule has 3 heteroatoms. The fourth-order valence-electron chi connectivity index (χ4n) is 2.39. The zero-order chi connectivity index (χ0) is 12.1. The first-order valence-electron chi connectivity index (χ1n) is 6.47. The summed E-state index contributed by atoms with van der Waals surface area (Å²) in [5.74, 6) is 0. The fraction of sp³-hybridized carbons (Fsp3) is 0.571. The van der Waals surface area contributed by atoms with Gasteiger partial charge in [0.05, 0.1) is 6.10 Å².